The molecule has 2 rings (SSSR count). The minimum atomic E-state index is -0.673. The van der Waals surface area contributed by atoms with Crippen molar-refractivity contribution in [3.63, 3.8) is 0 Å². The van der Waals surface area contributed by atoms with Gasteiger partial charge >= 0.3 is 6.03 Å². The number of amides is 4. The van der Waals surface area contributed by atoms with Crippen molar-refractivity contribution in [3.8, 4) is 0 Å². The number of hydrogen-bond donors (Lipinski definition) is 4. The Hall–Kier alpha value is -3.35. The summed E-state index contributed by atoms with van der Waals surface area (Å²) >= 11 is 0. The van der Waals surface area contributed by atoms with Crippen LogP contribution in [0, 0.1) is 12.8 Å². The third-order valence-corrected chi connectivity index (χ3v) is 4.36. The van der Waals surface area contributed by atoms with Crippen molar-refractivity contribution < 1.29 is 14.4 Å². The van der Waals surface area contributed by atoms with Crippen LogP contribution in [0.25, 0.3) is 0 Å². The number of aryl methyl sites for hydroxylation is 1. The van der Waals surface area contributed by atoms with Crippen LogP contribution in [0.4, 0.5) is 16.2 Å². The average Bonchev–Trinajstić information content (AvgIpc) is 2.64. The van der Waals surface area contributed by atoms with Gasteiger partial charge < -0.3 is 21.7 Å². The lowest BCUT2D eigenvalue weighted by molar-refractivity contribution is -0.127. The molecule has 0 saturated heterocycles. The van der Waals surface area contributed by atoms with Crippen LogP contribution in [0.2, 0.25) is 0 Å². The molecule has 0 spiro atoms. The van der Waals surface area contributed by atoms with Crippen molar-refractivity contribution in [2.45, 2.75) is 39.7 Å². The molecule has 2 aromatic rings. The lowest BCUT2D eigenvalue weighted by Crippen LogP contribution is -2.45. The summed E-state index contributed by atoms with van der Waals surface area (Å²) in [5.74, 6) is -0.567. The van der Waals surface area contributed by atoms with E-state index in [1.165, 1.54) is 0 Å². The molecule has 0 aliphatic carbocycles. The van der Waals surface area contributed by atoms with Gasteiger partial charge in [0.25, 0.3) is 0 Å². The number of anilines is 2. The summed E-state index contributed by atoms with van der Waals surface area (Å²) < 4.78 is 0. The molecule has 0 heterocycles. The van der Waals surface area contributed by atoms with Crippen molar-refractivity contribution >= 4 is 29.2 Å². The van der Waals surface area contributed by atoms with Gasteiger partial charge in [0.2, 0.25) is 11.8 Å². The summed E-state index contributed by atoms with van der Waals surface area (Å²) in [6.45, 7) is 5.84. The summed E-state index contributed by atoms with van der Waals surface area (Å²) in [5, 5.41) is 8.23. The zero-order valence-corrected chi connectivity index (χ0v) is 17.0. The number of rotatable bonds is 8. The maximum atomic E-state index is 12.2. The number of urea groups is 1. The van der Waals surface area contributed by atoms with Gasteiger partial charge in [-0.25, -0.2) is 4.79 Å². The largest absolute Gasteiger partial charge is 0.368 e. The molecule has 0 bridgehead atoms. The van der Waals surface area contributed by atoms with E-state index in [1.807, 2.05) is 45.0 Å². The zero-order chi connectivity index (χ0) is 21.4. The number of para-hydroxylation sites is 1. The van der Waals surface area contributed by atoms with Crippen LogP contribution in [-0.2, 0) is 16.0 Å². The van der Waals surface area contributed by atoms with Crippen molar-refractivity contribution in [2.75, 3.05) is 10.6 Å². The molecule has 0 saturated carbocycles. The summed E-state index contributed by atoms with van der Waals surface area (Å²) in [7, 11) is 0. The van der Waals surface area contributed by atoms with Crippen molar-refractivity contribution in [2.24, 2.45) is 11.7 Å². The lowest BCUT2D eigenvalue weighted by atomic mass is 10.0. The van der Waals surface area contributed by atoms with Crippen molar-refractivity contribution in [1.82, 2.24) is 5.32 Å². The SMILES string of the molecule is Cc1ccccc1NC(=O)Nc1ccc(CC(=O)NC(CC(C)C)C(N)=O)cc1. The topological polar surface area (TPSA) is 113 Å². The number of benzene rings is 2. The molecule has 0 radical (unpaired) electrons. The number of hydrogen-bond acceptors (Lipinski definition) is 3. The van der Waals surface area contributed by atoms with Gasteiger partial charge in [0.05, 0.1) is 6.42 Å². The molecule has 154 valence electrons. The maximum Gasteiger partial charge on any atom is 0.323 e. The van der Waals surface area contributed by atoms with Gasteiger partial charge in [0.1, 0.15) is 6.04 Å². The molecule has 5 N–H and O–H groups in total. The number of nitrogens with one attached hydrogen (secondary N) is 3. The van der Waals surface area contributed by atoms with Gasteiger partial charge in [-0.1, -0.05) is 44.2 Å². The van der Waals surface area contributed by atoms with Crippen LogP contribution < -0.4 is 21.7 Å². The predicted molar refractivity (Wildman–Crippen MR) is 115 cm³/mol. The number of primary amides is 1. The highest BCUT2D eigenvalue weighted by molar-refractivity contribution is 6.00. The first-order chi connectivity index (χ1) is 13.7. The Balaban J connectivity index is 1.89. The molecule has 2 aromatic carbocycles. The van der Waals surface area contributed by atoms with E-state index in [-0.39, 0.29) is 24.3 Å². The summed E-state index contributed by atoms with van der Waals surface area (Å²) in [4.78, 5) is 35.8. The van der Waals surface area contributed by atoms with Crippen molar-refractivity contribution in [3.05, 3.63) is 59.7 Å². The minimum absolute atomic E-state index is 0.123. The maximum absolute atomic E-state index is 12.2. The van der Waals surface area contributed by atoms with E-state index in [2.05, 4.69) is 16.0 Å². The first-order valence-electron chi connectivity index (χ1n) is 9.56. The highest BCUT2D eigenvalue weighted by atomic mass is 16.2. The molecule has 0 aliphatic heterocycles. The van der Waals surface area contributed by atoms with Crippen LogP contribution in [0.5, 0.6) is 0 Å². The van der Waals surface area contributed by atoms with E-state index in [9.17, 15) is 14.4 Å². The molecule has 4 amide bonds. The molecule has 7 nitrogen and oxygen atoms in total. The molecule has 7 heteroatoms. The lowest BCUT2D eigenvalue weighted by Gasteiger charge is -2.17. The van der Waals surface area contributed by atoms with Gasteiger partial charge in [-0.05, 0) is 48.6 Å². The molecule has 1 atom stereocenters. The highest BCUT2D eigenvalue weighted by Crippen LogP contribution is 2.15. The third kappa shape index (κ3) is 7.29. The van der Waals surface area contributed by atoms with Crippen LogP contribution in [0.15, 0.2) is 48.5 Å². The Morgan fingerprint density at radius 1 is 0.966 bits per heavy atom. The van der Waals surface area contributed by atoms with E-state index in [0.29, 0.717) is 12.1 Å². The van der Waals surface area contributed by atoms with Crippen LogP contribution in [0.1, 0.15) is 31.4 Å². The normalized spacial score (nSPS) is 11.6. The number of carbonyl (C=O) groups excluding carboxylic acids is 3. The minimum Gasteiger partial charge on any atom is -0.368 e. The number of carbonyl (C=O) groups is 3. The molecular formula is C22H28N4O3. The Labute approximate surface area is 171 Å². The fraction of sp³-hybridized carbons (Fsp3) is 0.318. The first kappa shape index (κ1) is 21.9. The van der Waals surface area contributed by atoms with E-state index in [1.54, 1.807) is 24.3 Å². The Morgan fingerprint density at radius 2 is 1.62 bits per heavy atom. The van der Waals surface area contributed by atoms with Gasteiger partial charge in [-0.15, -0.1) is 0 Å². The molecule has 0 fully saturated rings. The Morgan fingerprint density at radius 3 is 2.21 bits per heavy atom. The summed E-state index contributed by atoms with van der Waals surface area (Å²) in [6.07, 6.45) is 0.623. The predicted octanol–water partition coefficient (Wildman–Crippen LogP) is 3.20. The Kier molecular flexibility index (Phi) is 7.77. The van der Waals surface area contributed by atoms with Crippen LogP contribution in [0.3, 0.4) is 0 Å². The van der Waals surface area contributed by atoms with Gasteiger partial charge in [-0.3, -0.25) is 9.59 Å². The molecule has 0 aliphatic rings. The second kappa shape index (κ2) is 10.3. The fourth-order valence-corrected chi connectivity index (χ4v) is 2.85. The Bertz CT molecular complexity index is 863. The standard InChI is InChI=1S/C22H28N4O3/c1-14(2)12-19(21(23)28)25-20(27)13-16-8-10-17(11-9-16)24-22(29)26-18-7-5-4-6-15(18)3/h4-11,14,19H,12-13H2,1-3H3,(H2,23,28)(H,25,27)(H2,24,26,29). The molecular weight excluding hydrogens is 368 g/mol. The number of nitrogens with two attached hydrogens (primary N) is 1. The van der Waals surface area contributed by atoms with E-state index >= 15 is 0 Å². The van der Waals surface area contributed by atoms with E-state index < -0.39 is 11.9 Å². The summed E-state index contributed by atoms with van der Waals surface area (Å²) in [5.41, 5.74) is 8.44. The average molecular weight is 396 g/mol. The second-order valence-electron chi connectivity index (χ2n) is 7.42. The van der Waals surface area contributed by atoms with Crippen LogP contribution in [-0.4, -0.2) is 23.9 Å². The highest BCUT2D eigenvalue weighted by Gasteiger charge is 2.19. The van der Waals surface area contributed by atoms with Gasteiger partial charge in [0, 0.05) is 11.4 Å². The summed E-state index contributed by atoms with van der Waals surface area (Å²) in [6, 6.07) is 13.4. The molecule has 1 unspecified atom stereocenters. The monoisotopic (exact) mass is 396 g/mol. The zero-order valence-electron chi connectivity index (χ0n) is 17.0. The molecule has 0 aromatic heterocycles. The van der Waals surface area contributed by atoms with Gasteiger partial charge in [-0.2, -0.15) is 0 Å². The van der Waals surface area contributed by atoms with Crippen LogP contribution >= 0.6 is 0 Å². The second-order valence-corrected chi connectivity index (χ2v) is 7.42. The quantitative estimate of drug-likeness (QED) is 0.549. The third-order valence-electron chi connectivity index (χ3n) is 4.36. The first-order valence-corrected chi connectivity index (χ1v) is 9.56. The van der Waals surface area contributed by atoms with Crippen molar-refractivity contribution in [1.29, 1.82) is 0 Å². The molecule has 29 heavy (non-hydrogen) atoms. The van der Waals surface area contributed by atoms with E-state index in [4.69, 9.17) is 5.73 Å². The van der Waals surface area contributed by atoms with E-state index in [0.717, 1.165) is 16.8 Å². The van der Waals surface area contributed by atoms with Gasteiger partial charge in [0.15, 0.2) is 0 Å². The smallest absolute Gasteiger partial charge is 0.323 e. The fourth-order valence-electron chi connectivity index (χ4n) is 2.85.